The molecule has 1 rings (SSSR count). The number of carbonyl (C=O) groups is 1. The summed E-state index contributed by atoms with van der Waals surface area (Å²) in [6.07, 6.45) is -5.41. The Morgan fingerprint density at radius 2 is 1.73 bits per heavy atom. The number of likely N-dealkylation sites (N-methyl/N-ethyl adjacent to an activating group) is 1. The largest absolute Gasteiger partial charge is 0.491 e. The van der Waals surface area contributed by atoms with Gasteiger partial charge in [-0.2, -0.15) is 13.2 Å². The number of aliphatic hydroxyl groups excluding tert-OH is 1. The standard InChI is InChI=1S/C17H25F3N2O3.ClH/c1-16(2,3)14(21)15(24)22(4)9-12(23)10-25-13-7-5-11(6-8-13)17(18,19)20;/h5-8,12,14,23H,9-10,21H2,1-4H3;1H/t12?,14-;/m1./s1. The number of ether oxygens (including phenoxy) is 1. The molecule has 3 N–H and O–H groups in total. The number of nitrogens with zero attached hydrogens (tertiary/aromatic N) is 1. The third-order valence-corrected chi connectivity index (χ3v) is 3.68. The number of carbonyl (C=O) groups excluding carboxylic acids is 1. The first-order valence-electron chi connectivity index (χ1n) is 7.81. The highest BCUT2D eigenvalue weighted by molar-refractivity contribution is 5.85. The van der Waals surface area contributed by atoms with Crippen LogP contribution in [0.4, 0.5) is 13.2 Å². The first-order chi connectivity index (χ1) is 11.3. The molecule has 0 fully saturated rings. The molecule has 0 radical (unpaired) electrons. The normalized spacial score (nSPS) is 14.2. The van der Waals surface area contributed by atoms with E-state index in [2.05, 4.69) is 0 Å². The molecule has 0 aliphatic carbocycles. The molecule has 0 aliphatic heterocycles. The monoisotopic (exact) mass is 398 g/mol. The quantitative estimate of drug-likeness (QED) is 0.772. The van der Waals surface area contributed by atoms with Crippen molar-refractivity contribution in [3.8, 4) is 5.75 Å². The van der Waals surface area contributed by atoms with Crippen molar-refractivity contribution in [2.45, 2.75) is 39.1 Å². The zero-order valence-corrected chi connectivity index (χ0v) is 16.0. The van der Waals surface area contributed by atoms with Crippen molar-refractivity contribution in [2.75, 3.05) is 20.2 Å². The molecule has 1 unspecified atom stereocenters. The Morgan fingerprint density at radius 3 is 2.15 bits per heavy atom. The summed E-state index contributed by atoms with van der Waals surface area (Å²) < 4.78 is 42.7. The van der Waals surface area contributed by atoms with E-state index in [9.17, 15) is 23.1 Å². The number of halogens is 4. The maximum Gasteiger partial charge on any atom is 0.416 e. The zero-order chi connectivity index (χ0) is 19.4. The van der Waals surface area contributed by atoms with Gasteiger partial charge in [0.2, 0.25) is 5.91 Å². The molecule has 1 aromatic carbocycles. The van der Waals surface area contributed by atoms with E-state index in [0.29, 0.717) is 0 Å². The van der Waals surface area contributed by atoms with Crippen molar-refractivity contribution in [3.63, 3.8) is 0 Å². The summed E-state index contributed by atoms with van der Waals surface area (Å²) in [5.41, 5.74) is 4.70. The van der Waals surface area contributed by atoms with Crippen LogP contribution >= 0.6 is 12.4 Å². The topological polar surface area (TPSA) is 75.8 Å². The van der Waals surface area contributed by atoms with E-state index in [1.54, 1.807) is 0 Å². The lowest BCUT2D eigenvalue weighted by molar-refractivity contribution is -0.137. The van der Waals surface area contributed by atoms with Crippen LogP contribution in [0.5, 0.6) is 5.75 Å². The van der Waals surface area contributed by atoms with E-state index in [-0.39, 0.29) is 37.2 Å². The van der Waals surface area contributed by atoms with Gasteiger partial charge in [-0.15, -0.1) is 12.4 Å². The molecular weight excluding hydrogens is 373 g/mol. The molecule has 0 aliphatic rings. The molecule has 150 valence electrons. The molecule has 0 saturated carbocycles. The van der Waals surface area contributed by atoms with Crippen LogP contribution in [0.25, 0.3) is 0 Å². The number of hydrogen-bond donors (Lipinski definition) is 2. The highest BCUT2D eigenvalue weighted by Gasteiger charge is 2.31. The van der Waals surface area contributed by atoms with Gasteiger partial charge in [-0.25, -0.2) is 0 Å². The molecule has 9 heteroatoms. The fourth-order valence-electron chi connectivity index (χ4n) is 2.00. The van der Waals surface area contributed by atoms with Gasteiger partial charge in [-0.1, -0.05) is 20.8 Å². The molecule has 0 saturated heterocycles. The molecule has 26 heavy (non-hydrogen) atoms. The van der Waals surface area contributed by atoms with Crippen molar-refractivity contribution in [3.05, 3.63) is 29.8 Å². The molecule has 1 aromatic rings. The Balaban J connectivity index is 0.00000625. The Kier molecular flexibility index (Phi) is 8.89. The van der Waals surface area contributed by atoms with Crippen molar-refractivity contribution < 1.29 is 27.8 Å². The van der Waals surface area contributed by atoms with Crippen molar-refractivity contribution in [1.82, 2.24) is 4.90 Å². The second-order valence-corrected chi connectivity index (χ2v) is 7.05. The molecule has 2 atom stereocenters. The first kappa shape index (κ1) is 24.5. The molecular formula is C17H26ClF3N2O3. The van der Waals surface area contributed by atoms with Gasteiger partial charge in [0.15, 0.2) is 0 Å². The summed E-state index contributed by atoms with van der Waals surface area (Å²) >= 11 is 0. The van der Waals surface area contributed by atoms with Crippen LogP contribution in [-0.4, -0.2) is 48.3 Å². The Bertz CT molecular complexity index is 574. The van der Waals surface area contributed by atoms with Gasteiger partial charge in [0, 0.05) is 13.6 Å². The van der Waals surface area contributed by atoms with Crippen LogP contribution in [0.2, 0.25) is 0 Å². The van der Waals surface area contributed by atoms with Gasteiger partial charge >= 0.3 is 6.18 Å². The number of hydrogen-bond acceptors (Lipinski definition) is 4. The SMILES string of the molecule is CN(CC(O)COc1ccc(C(F)(F)F)cc1)C(=O)[C@@H](N)C(C)(C)C.Cl. The maximum atomic E-state index is 12.5. The Hall–Kier alpha value is -1.51. The molecule has 0 heterocycles. The number of amides is 1. The van der Waals surface area contributed by atoms with E-state index in [4.69, 9.17) is 10.5 Å². The van der Waals surface area contributed by atoms with Gasteiger partial charge in [-0.05, 0) is 29.7 Å². The van der Waals surface area contributed by atoms with Crippen LogP contribution in [0.15, 0.2) is 24.3 Å². The van der Waals surface area contributed by atoms with Crippen LogP contribution < -0.4 is 10.5 Å². The predicted molar refractivity (Wildman–Crippen MR) is 95.3 cm³/mol. The Labute approximate surface area is 157 Å². The number of benzene rings is 1. The number of rotatable bonds is 6. The smallest absolute Gasteiger partial charge is 0.416 e. The molecule has 5 nitrogen and oxygen atoms in total. The molecule has 0 bridgehead atoms. The summed E-state index contributed by atoms with van der Waals surface area (Å²) in [5, 5.41) is 9.96. The van der Waals surface area contributed by atoms with Gasteiger partial charge in [0.05, 0.1) is 11.6 Å². The van der Waals surface area contributed by atoms with Gasteiger partial charge < -0.3 is 20.5 Å². The summed E-state index contributed by atoms with van der Waals surface area (Å²) in [7, 11) is 1.52. The minimum Gasteiger partial charge on any atom is -0.491 e. The average Bonchev–Trinajstić information content (AvgIpc) is 2.50. The average molecular weight is 399 g/mol. The third-order valence-electron chi connectivity index (χ3n) is 3.68. The molecule has 0 aromatic heterocycles. The molecule has 0 spiro atoms. The lowest BCUT2D eigenvalue weighted by atomic mass is 9.86. The highest BCUT2D eigenvalue weighted by atomic mass is 35.5. The second kappa shape index (κ2) is 9.43. The zero-order valence-electron chi connectivity index (χ0n) is 15.2. The van der Waals surface area contributed by atoms with E-state index < -0.39 is 29.3 Å². The Morgan fingerprint density at radius 1 is 1.23 bits per heavy atom. The highest BCUT2D eigenvalue weighted by Crippen LogP contribution is 2.30. The first-order valence-corrected chi connectivity index (χ1v) is 7.81. The van der Waals surface area contributed by atoms with Crippen LogP contribution in [0, 0.1) is 5.41 Å². The van der Waals surface area contributed by atoms with Crippen LogP contribution in [-0.2, 0) is 11.0 Å². The van der Waals surface area contributed by atoms with Crippen LogP contribution in [0.1, 0.15) is 26.3 Å². The summed E-state index contributed by atoms with van der Waals surface area (Å²) in [4.78, 5) is 13.5. The molecule has 1 amide bonds. The van der Waals surface area contributed by atoms with E-state index in [1.165, 1.54) is 24.1 Å². The fourth-order valence-corrected chi connectivity index (χ4v) is 2.00. The van der Waals surface area contributed by atoms with E-state index >= 15 is 0 Å². The van der Waals surface area contributed by atoms with E-state index in [1.807, 2.05) is 20.8 Å². The van der Waals surface area contributed by atoms with Crippen molar-refractivity contribution in [2.24, 2.45) is 11.1 Å². The lowest BCUT2D eigenvalue weighted by Gasteiger charge is -2.30. The van der Waals surface area contributed by atoms with Gasteiger partial charge in [0.25, 0.3) is 0 Å². The van der Waals surface area contributed by atoms with Gasteiger partial charge in [0.1, 0.15) is 18.5 Å². The van der Waals surface area contributed by atoms with E-state index in [0.717, 1.165) is 12.1 Å². The van der Waals surface area contributed by atoms with Crippen LogP contribution in [0.3, 0.4) is 0 Å². The minimum atomic E-state index is -4.41. The minimum absolute atomic E-state index is 0. The predicted octanol–water partition coefficient (Wildman–Crippen LogP) is 2.70. The summed E-state index contributed by atoms with van der Waals surface area (Å²) in [5.74, 6) is -0.103. The summed E-state index contributed by atoms with van der Waals surface area (Å²) in [6, 6.07) is 3.46. The second-order valence-electron chi connectivity index (χ2n) is 7.05. The number of aliphatic hydroxyl groups is 1. The van der Waals surface area contributed by atoms with Crippen molar-refractivity contribution >= 4 is 18.3 Å². The number of alkyl halides is 3. The summed E-state index contributed by atoms with van der Waals surface area (Å²) in [6.45, 7) is 5.37. The van der Waals surface area contributed by atoms with Crippen molar-refractivity contribution in [1.29, 1.82) is 0 Å². The third kappa shape index (κ3) is 7.39. The maximum absolute atomic E-state index is 12.5. The lowest BCUT2D eigenvalue weighted by Crippen LogP contribution is -2.51. The fraction of sp³-hybridized carbons (Fsp3) is 0.588. The van der Waals surface area contributed by atoms with Gasteiger partial charge in [-0.3, -0.25) is 4.79 Å². The number of nitrogens with two attached hydrogens (primary N) is 1.